The van der Waals surface area contributed by atoms with Crippen LogP contribution in [-0.4, -0.2) is 34.0 Å². The van der Waals surface area contributed by atoms with Crippen LogP contribution >= 0.6 is 0 Å². The number of esters is 1. The quantitative estimate of drug-likeness (QED) is 0.730. The molecule has 0 aliphatic heterocycles. The van der Waals surface area contributed by atoms with Crippen molar-refractivity contribution in [3.63, 3.8) is 0 Å². The van der Waals surface area contributed by atoms with Crippen LogP contribution in [-0.2, 0) is 15.7 Å². The molecule has 0 bridgehead atoms. The molecule has 0 saturated heterocycles. The summed E-state index contributed by atoms with van der Waals surface area (Å²) in [5.41, 5.74) is -1.74. The van der Waals surface area contributed by atoms with E-state index in [-0.39, 0.29) is 12.2 Å². The number of hydrogen-bond acceptors (Lipinski definition) is 5. The number of alkyl halides is 3. The number of carbonyl (C=O) groups is 1. The first-order valence-corrected chi connectivity index (χ1v) is 5.61. The summed E-state index contributed by atoms with van der Waals surface area (Å²) in [5, 5.41) is 28.3. The summed E-state index contributed by atoms with van der Waals surface area (Å²) in [6, 6.07) is 2.15. The Hall–Kier alpha value is -1.80. The molecule has 0 saturated carbocycles. The van der Waals surface area contributed by atoms with Gasteiger partial charge in [0, 0.05) is 0 Å². The topological polar surface area (TPSA) is 87.0 Å². The normalized spacial score (nSPS) is 14.7. The smallest absolute Gasteiger partial charge is 0.419 e. The third-order valence-corrected chi connectivity index (χ3v) is 2.49. The van der Waals surface area contributed by atoms with Crippen molar-refractivity contribution in [1.82, 2.24) is 0 Å². The molecule has 0 aromatic heterocycles. The molecule has 2 atom stereocenters. The molecule has 0 radical (unpaired) electrons. The van der Waals surface area contributed by atoms with E-state index in [1.807, 2.05) is 0 Å². The third-order valence-electron chi connectivity index (χ3n) is 2.49. The lowest BCUT2D eigenvalue weighted by atomic mass is 10.0. The van der Waals surface area contributed by atoms with Crippen molar-refractivity contribution in [2.24, 2.45) is 0 Å². The van der Waals surface area contributed by atoms with E-state index < -0.39 is 35.7 Å². The van der Waals surface area contributed by atoms with E-state index >= 15 is 0 Å². The van der Waals surface area contributed by atoms with Gasteiger partial charge >= 0.3 is 12.1 Å². The molecule has 0 spiro atoms. The minimum absolute atomic E-state index is 0.0496. The second-order valence-corrected chi connectivity index (χ2v) is 3.92. The van der Waals surface area contributed by atoms with Crippen molar-refractivity contribution in [2.45, 2.75) is 25.3 Å². The Morgan fingerprint density at radius 2 is 1.95 bits per heavy atom. The van der Waals surface area contributed by atoms with Crippen LogP contribution in [0.4, 0.5) is 13.2 Å². The van der Waals surface area contributed by atoms with Gasteiger partial charge in [0.2, 0.25) is 0 Å². The number of aliphatic hydroxyl groups is 2. The fraction of sp³-hybridized carbons (Fsp3) is 0.417. The zero-order valence-electron chi connectivity index (χ0n) is 10.4. The molecule has 0 heterocycles. The maximum atomic E-state index is 12.6. The lowest BCUT2D eigenvalue weighted by Gasteiger charge is -2.18. The highest BCUT2D eigenvalue weighted by Crippen LogP contribution is 2.37. The van der Waals surface area contributed by atoms with Crippen LogP contribution in [0.25, 0.3) is 0 Å². The third kappa shape index (κ3) is 3.61. The lowest BCUT2D eigenvalue weighted by molar-refractivity contribution is -0.159. The molecule has 0 aliphatic rings. The van der Waals surface area contributed by atoms with Gasteiger partial charge in [0.05, 0.1) is 12.2 Å². The summed E-state index contributed by atoms with van der Waals surface area (Å²) in [6.45, 7) is 1.42. The van der Waals surface area contributed by atoms with E-state index in [9.17, 15) is 28.2 Å². The van der Waals surface area contributed by atoms with Crippen LogP contribution < -0.4 is 0 Å². The molecular formula is C12H13F3O5. The fourth-order valence-electron chi connectivity index (χ4n) is 1.50. The van der Waals surface area contributed by atoms with E-state index in [1.165, 1.54) is 6.92 Å². The van der Waals surface area contributed by atoms with E-state index in [0.717, 1.165) is 12.1 Å². The molecule has 0 fully saturated rings. The van der Waals surface area contributed by atoms with Crippen molar-refractivity contribution in [3.8, 4) is 5.75 Å². The zero-order chi connectivity index (χ0) is 15.5. The molecule has 8 heteroatoms. The van der Waals surface area contributed by atoms with Gasteiger partial charge in [0.25, 0.3) is 0 Å². The van der Waals surface area contributed by atoms with E-state index in [4.69, 9.17) is 5.11 Å². The number of phenolic OH excluding ortho intramolecular Hbond substituents is 1. The van der Waals surface area contributed by atoms with Crippen molar-refractivity contribution < 1.29 is 38.0 Å². The van der Waals surface area contributed by atoms with Gasteiger partial charge in [-0.25, -0.2) is 4.79 Å². The molecule has 0 amide bonds. The molecule has 1 aromatic carbocycles. The van der Waals surface area contributed by atoms with Gasteiger partial charge < -0.3 is 20.1 Å². The molecule has 20 heavy (non-hydrogen) atoms. The highest BCUT2D eigenvalue weighted by atomic mass is 19.4. The number of carbonyl (C=O) groups excluding carboxylic acids is 1. The summed E-state index contributed by atoms with van der Waals surface area (Å²) < 4.78 is 42.2. The molecule has 1 aromatic rings. The van der Waals surface area contributed by atoms with Gasteiger partial charge in [-0.2, -0.15) is 13.2 Å². The minimum atomic E-state index is -4.82. The first-order chi connectivity index (χ1) is 9.18. The van der Waals surface area contributed by atoms with Gasteiger partial charge in [-0.1, -0.05) is 6.07 Å². The largest absolute Gasteiger partial charge is 0.507 e. The Kier molecular flexibility index (Phi) is 4.96. The summed E-state index contributed by atoms with van der Waals surface area (Å²) in [4.78, 5) is 11.2. The maximum absolute atomic E-state index is 12.6. The van der Waals surface area contributed by atoms with Gasteiger partial charge in [-0.15, -0.1) is 0 Å². The predicted octanol–water partition coefficient (Wildman–Crippen LogP) is 1.37. The SMILES string of the molecule is CCOC(=O)C(O)C(O)c1ccc(O)c(C(F)(F)F)c1. The Morgan fingerprint density at radius 3 is 2.45 bits per heavy atom. The average molecular weight is 294 g/mol. The minimum Gasteiger partial charge on any atom is -0.507 e. The first kappa shape index (κ1) is 16.3. The summed E-state index contributed by atoms with van der Waals surface area (Å²) in [6.07, 6.45) is -8.73. The van der Waals surface area contributed by atoms with Gasteiger partial charge in [0.15, 0.2) is 6.10 Å². The Morgan fingerprint density at radius 1 is 1.35 bits per heavy atom. The van der Waals surface area contributed by atoms with E-state index in [2.05, 4.69) is 4.74 Å². The molecule has 2 unspecified atom stereocenters. The van der Waals surface area contributed by atoms with Crippen molar-refractivity contribution in [2.75, 3.05) is 6.61 Å². The number of ether oxygens (including phenoxy) is 1. The molecular weight excluding hydrogens is 281 g/mol. The number of benzene rings is 1. The van der Waals surface area contributed by atoms with Gasteiger partial charge in [0.1, 0.15) is 11.9 Å². The fourth-order valence-corrected chi connectivity index (χ4v) is 1.50. The summed E-state index contributed by atoms with van der Waals surface area (Å²) in [5.74, 6) is -2.17. The highest BCUT2D eigenvalue weighted by Gasteiger charge is 2.35. The number of rotatable bonds is 4. The van der Waals surface area contributed by atoms with Gasteiger partial charge in [-0.05, 0) is 24.6 Å². The maximum Gasteiger partial charge on any atom is 0.419 e. The van der Waals surface area contributed by atoms with Crippen LogP contribution in [0.1, 0.15) is 24.2 Å². The Bertz CT molecular complexity index is 486. The Balaban J connectivity index is 3.05. The molecule has 0 aliphatic carbocycles. The first-order valence-electron chi connectivity index (χ1n) is 5.61. The van der Waals surface area contributed by atoms with Crippen LogP contribution in [0.3, 0.4) is 0 Å². The number of hydrogen-bond donors (Lipinski definition) is 3. The van der Waals surface area contributed by atoms with E-state index in [0.29, 0.717) is 6.07 Å². The molecule has 3 N–H and O–H groups in total. The van der Waals surface area contributed by atoms with Crippen LogP contribution in [0.5, 0.6) is 5.75 Å². The predicted molar refractivity (Wildman–Crippen MR) is 60.7 cm³/mol. The monoisotopic (exact) mass is 294 g/mol. The standard InChI is InChI=1S/C12H13F3O5/c1-2-20-11(19)10(18)9(17)6-3-4-8(16)7(5-6)12(13,14)15/h3-5,9-10,16-18H,2H2,1H3. The van der Waals surface area contributed by atoms with Crippen LogP contribution in [0.15, 0.2) is 18.2 Å². The number of halogens is 3. The zero-order valence-corrected chi connectivity index (χ0v) is 10.4. The second-order valence-electron chi connectivity index (χ2n) is 3.92. The highest BCUT2D eigenvalue weighted by molar-refractivity contribution is 5.75. The number of phenols is 1. The molecule has 5 nitrogen and oxygen atoms in total. The average Bonchev–Trinajstić information content (AvgIpc) is 2.36. The van der Waals surface area contributed by atoms with Gasteiger partial charge in [-0.3, -0.25) is 0 Å². The van der Waals surface area contributed by atoms with E-state index in [1.54, 1.807) is 0 Å². The Labute approximate surface area is 112 Å². The lowest BCUT2D eigenvalue weighted by Crippen LogP contribution is -2.30. The van der Waals surface area contributed by atoms with Crippen LogP contribution in [0.2, 0.25) is 0 Å². The number of aromatic hydroxyl groups is 1. The summed E-state index contributed by atoms with van der Waals surface area (Å²) in [7, 11) is 0. The molecule has 1 rings (SSSR count). The summed E-state index contributed by atoms with van der Waals surface area (Å²) >= 11 is 0. The second kappa shape index (κ2) is 6.10. The van der Waals surface area contributed by atoms with Crippen molar-refractivity contribution in [1.29, 1.82) is 0 Å². The van der Waals surface area contributed by atoms with Crippen molar-refractivity contribution in [3.05, 3.63) is 29.3 Å². The van der Waals surface area contributed by atoms with Crippen molar-refractivity contribution >= 4 is 5.97 Å². The molecule has 112 valence electrons. The number of aliphatic hydroxyl groups excluding tert-OH is 2. The van der Waals surface area contributed by atoms with Crippen LogP contribution in [0, 0.1) is 0 Å².